The second-order valence-electron chi connectivity index (χ2n) is 4.23. The Morgan fingerprint density at radius 3 is 2.94 bits per heavy atom. The molecule has 2 aliphatic rings. The summed E-state index contributed by atoms with van der Waals surface area (Å²) in [5.74, 6) is -0.505. The minimum atomic E-state index is -0.703. The van der Waals surface area contributed by atoms with Crippen molar-refractivity contribution in [1.29, 1.82) is 0 Å². The normalized spacial score (nSPS) is 35.4. The molecule has 0 aromatic carbocycles. The number of ether oxygens (including phenoxy) is 3. The molecule has 0 saturated carbocycles. The van der Waals surface area contributed by atoms with E-state index in [1.807, 2.05) is 6.42 Å². The molecule has 2 fully saturated rings. The van der Waals surface area contributed by atoms with E-state index in [9.17, 15) is 9.59 Å². The second-order valence-corrected chi connectivity index (χ2v) is 4.23. The van der Waals surface area contributed by atoms with Gasteiger partial charge < -0.3 is 19.5 Å². The fourth-order valence-electron chi connectivity index (χ4n) is 1.86. The lowest BCUT2D eigenvalue weighted by Gasteiger charge is -2.34. The van der Waals surface area contributed by atoms with Crippen LogP contribution in [0, 0.1) is 12.8 Å². The van der Waals surface area contributed by atoms with Crippen LogP contribution in [0.4, 0.5) is 0 Å². The fraction of sp³-hybridized carbons (Fsp3) is 0.636. The summed E-state index contributed by atoms with van der Waals surface area (Å²) in [5.41, 5.74) is -0.703. The van der Waals surface area contributed by atoms with Crippen LogP contribution in [0.1, 0.15) is 13.8 Å². The van der Waals surface area contributed by atoms with Crippen LogP contribution in [-0.4, -0.2) is 43.0 Å². The lowest BCUT2D eigenvalue weighted by Crippen LogP contribution is -2.51. The summed E-state index contributed by atoms with van der Waals surface area (Å²) in [6.07, 6.45) is 3.08. The zero-order chi connectivity index (χ0) is 12.5. The summed E-state index contributed by atoms with van der Waals surface area (Å²) in [4.78, 5) is 21.7. The largest absolute Gasteiger partial charge is 0.463 e. The summed E-state index contributed by atoms with van der Waals surface area (Å²) < 4.78 is 16.0. The Morgan fingerprint density at radius 2 is 2.29 bits per heavy atom. The van der Waals surface area contributed by atoms with Gasteiger partial charge in [-0.1, -0.05) is 0 Å². The van der Waals surface area contributed by atoms with Crippen molar-refractivity contribution in [3.05, 3.63) is 12.8 Å². The molecule has 0 aromatic heterocycles. The van der Waals surface area contributed by atoms with E-state index in [1.165, 1.54) is 13.8 Å². The Bertz CT molecular complexity index is 332. The predicted octanol–water partition coefficient (Wildman–Crippen LogP) is -0.412. The maximum atomic E-state index is 11.0. The van der Waals surface area contributed by atoms with E-state index in [-0.39, 0.29) is 24.5 Å². The van der Waals surface area contributed by atoms with Crippen LogP contribution in [0.3, 0.4) is 0 Å². The molecular weight excluding hydrogens is 226 g/mol. The van der Waals surface area contributed by atoms with Crippen LogP contribution in [0.25, 0.3) is 0 Å². The standard InChI is InChI=1S/C11H15NO5/c1-7(13)12-9-3-4-11(5-15-8(2)14)6-16-10(9)17-11/h3-4,9-10H,5-6H2,1-2H3,(H,12,13)/t9-,10+,11+/m1/s1. The van der Waals surface area contributed by atoms with E-state index < -0.39 is 11.9 Å². The van der Waals surface area contributed by atoms with E-state index in [2.05, 4.69) is 5.32 Å². The zero-order valence-corrected chi connectivity index (χ0v) is 9.76. The molecule has 94 valence electrons. The molecule has 2 saturated heterocycles. The first-order chi connectivity index (χ1) is 8.01. The summed E-state index contributed by atoms with van der Waals surface area (Å²) in [7, 11) is 0. The Balaban J connectivity index is 1.92. The van der Waals surface area contributed by atoms with Crippen LogP contribution in [0.2, 0.25) is 0 Å². The van der Waals surface area contributed by atoms with Crippen molar-refractivity contribution in [1.82, 2.24) is 5.32 Å². The molecule has 2 aliphatic heterocycles. The number of fused-ring (bicyclic) bond motifs is 2. The van der Waals surface area contributed by atoms with Gasteiger partial charge in [-0.25, -0.2) is 0 Å². The molecular formula is C11H15NO5. The van der Waals surface area contributed by atoms with Gasteiger partial charge in [-0.2, -0.15) is 0 Å². The van der Waals surface area contributed by atoms with Crippen molar-refractivity contribution in [3.63, 3.8) is 0 Å². The molecule has 6 heteroatoms. The molecule has 2 heterocycles. The van der Waals surface area contributed by atoms with Gasteiger partial charge in [0, 0.05) is 20.3 Å². The van der Waals surface area contributed by atoms with Crippen LogP contribution in [-0.2, 0) is 23.8 Å². The Morgan fingerprint density at radius 1 is 1.53 bits per heavy atom. The van der Waals surface area contributed by atoms with Crippen molar-refractivity contribution in [2.75, 3.05) is 13.2 Å². The summed E-state index contributed by atoms with van der Waals surface area (Å²) in [6.45, 7) is 3.22. The van der Waals surface area contributed by atoms with E-state index >= 15 is 0 Å². The molecule has 6 nitrogen and oxygen atoms in total. The van der Waals surface area contributed by atoms with Gasteiger partial charge in [0.1, 0.15) is 12.2 Å². The summed E-state index contributed by atoms with van der Waals surface area (Å²) in [6, 6.07) is -0.291. The number of amides is 1. The van der Waals surface area contributed by atoms with Crippen LogP contribution in [0.5, 0.6) is 0 Å². The summed E-state index contributed by atoms with van der Waals surface area (Å²) in [5, 5.41) is 2.71. The lowest BCUT2D eigenvalue weighted by atomic mass is 9.94. The number of nitrogens with one attached hydrogen (secondary N) is 1. The van der Waals surface area contributed by atoms with Crippen molar-refractivity contribution in [2.45, 2.75) is 31.8 Å². The molecule has 0 unspecified atom stereocenters. The van der Waals surface area contributed by atoms with Crippen molar-refractivity contribution in [2.24, 2.45) is 0 Å². The smallest absolute Gasteiger partial charge is 0.302 e. The molecule has 3 atom stereocenters. The number of hydrogen-bond acceptors (Lipinski definition) is 5. The third kappa shape index (κ3) is 2.76. The maximum absolute atomic E-state index is 11.0. The average Bonchev–Trinajstić information content (AvgIpc) is 2.60. The number of carbonyl (C=O) groups is 2. The van der Waals surface area contributed by atoms with Gasteiger partial charge in [-0.3, -0.25) is 9.59 Å². The average molecular weight is 241 g/mol. The van der Waals surface area contributed by atoms with Gasteiger partial charge in [-0.15, -0.1) is 0 Å². The first-order valence-corrected chi connectivity index (χ1v) is 5.40. The van der Waals surface area contributed by atoms with Gasteiger partial charge >= 0.3 is 5.97 Å². The Kier molecular flexibility index (Phi) is 3.35. The minimum absolute atomic E-state index is 0.127. The predicted molar refractivity (Wildman–Crippen MR) is 56.4 cm³/mol. The first-order valence-electron chi connectivity index (χ1n) is 5.40. The number of carbonyl (C=O) groups excluding carboxylic acids is 2. The minimum Gasteiger partial charge on any atom is -0.463 e. The van der Waals surface area contributed by atoms with Crippen LogP contribution in [0.15, 0.2) is 0 Å². The molecule has 1 N–H and O–H groups in total. The molecule has 2 bridgehead atoms. The van der Waals surface area contributed by atoms with Gasteiger partial charge in [0.25, 0.3) is 0 Å². The van der Waals surface area contributed by atoms with E-state index in [1.54, 1.807) is 6.42 Å². The topological polar surface area (TPSA) is 73.9 Å². The summed E-state index contributed by atoms with van der Waals surface area (Å²) >= 11 is 0. The molecule has 1 amide bonds. The molecule has 0 spiro atoms. The lowest BCUT2D eigenvalue weighted by molar-refractivity contribution is -0.155. The number of esters is 1. The molecule has 17 heavy (non-hydrogen) atoms. The van der Waals surface area contributed by atoms with Crippen LogP contribution >= 0.6 is 0 Å². The third-order valence-corrected chi connectivity index (χ3v) is 2.63. The number of rotatable bonds is 3. The van der Waals surface area contributed by atoms with Gasteiger partial charge in [0.15, 0.2) is 6.29 Å². The van der Waals surface area contributed by atoms with Gasteiger partial charge in [-0.05, 0) is 6.42 Å². The maximum Gasteiger partial charge on any atom is 0.302 e. The van der Waals surface area contributed by atoms with Crippen molar-refractivity contribution in [3.8, 4) is 0 Å². The first kappa shape index (κ1) is 12.3. The van der Waals surface area contributed by atoms with Crippen molar-refractivity contribution < 1.29 is 23.8 Å². The quantitative estimate of drug-likeness (QED) is 0.680. The third-order valence-electron chi connectivity index (χ3n) is 2.63. The monoisotopic (exact) mass is 241 g/mol. The fourth-order valence-corrected chi connectivity index (χ4v) is 1.86. The highest BCUT2D eigenvalue weighted by Gasteiger charge is 2.50. The van der Waals surface area contributed by atoms with E-state index in [0.717, 1.165) is 0 Å². The number of hydrogen-bond donors (Lipinski definition) is 1. The molecule has 2 rings (SSSR count). The second kappa shape index (κ2) is 4.62. The van der Waals surface area contributed by atoms with Gasteiger partial charge in [0.05, 0.1) is 12.6 Å². The SMILES string of the molecule is CC(=O)N[C@@H]1[CH][CH][C@]2(COC(C)=O)CO[C@H]1O2. The van der Waals surface area contributed by atoms with E-state index in [4.69, 9.17) is 14.2 Å². The Labute approximate surface area is 99.6 Å². The highest BCUT2D eigenvalue weighted by molar-refractivity contribution is 5.73. The molecule has 0 aliphatic carbocycles. The highest BCUT2D eigenvalue weighted by atomic mass is 16.7. The van der Waals surface area contributed by atoms with Crippen LogP contribution < -0.4 is 5.32 Å². The van der Waals surface area contributed by atoms with Crippen molar-refractivity contribution >= 4 is 11.9 Å². The molecule has 2 radical (unpaired) electrons. The Hall–Kier alpha value is -1.14. The highest BCUT2D eigenvalue weighted by Crippen LogP contribution is 2.35. The van der Waals surface area contributed by atoms with E-state index in [0.29, 0.717) is 6.61 Å². The molecule has 0 aromatic rings. The zero-order valence-electron chi connectivity index (χ0n) is 9.76. The van der Waals surface area contributed by atoms with Gasteiger partial charge in [0.2, 0.25) is 5.91 Å².